The Morgan fingerprint density at radius 2 is 1.84 bits per heavy atom. The summed E-state index contributed by atoms with van der Waals surface area (Å²) in [6.45, 7) is 6.75. The van der Waals surface area contributed by atoms with E-state index in [9.17, 15) is 9.59 Å². The van der Waals surface area contributed by atoms with Gasteiger partial charge in [0.2, 0.25) is 0 Å². The Labute approximate surface area is 223 Å². The van der Waals surface area contributed by atoms with Gasteiger partial charge in [-0.1, -0.05) is 35.6 Å². The highest BCUT2D eigenvalue weighted by atomic mass is 32.1. The van der Waals surface area contributed by atoms with Crippen LogP contribution in [0.25, 0.3) is 17.0 Å². The van der Waals surface area contributed by atoms with Crippen LogP contribution in [0.3, 0.4) is 0 Å². The zero-order valence-electron chi connectivity index (χ0n) is 22.0. The molecule has 0 bridgehead atoms. The number of methoxy groups -OCH3 is 1. The van der Waals surface area contributed by atoms with Gasteiger partial charge in [0.15, 0.2) is 16.3 Å². The summed E-state index contributed by atoms with van der Waals surface area (Å²) in [5.74, 6) is 0.590. The molecule has 0 aliphatic carbocycles. The molecule has 9 heteroatoms. The van der Waals surface area contributed by atoms with Crippen LogP contribution in [0.1, 0.15) is 36.7 Å². The zero-order valence-corrected chi connectivity index (χ0v) is 22.8. The van der Waals surface area contributed by atoms with Crippen molar-refractivity contribution in [3.05, 3.63) is 90.7 Å². The van der Waals surface area contributed by atoms with Gasteiger partial charge in [-0.05, 0) is 50.6 Å². The number of hydrogen-bond acceptors (Lipinski definition) is 7. The van der Waals surface area contributed by atoms with Gasteiger partial charge in [-0.25, -0.2) is 9.79 Å². The second-order valence-corrected chi connectivity index (χ2v) is 9.83. The van der Waals surface area contributed by atoms with Crippen LogP contribution in [0.15, 0.2) is 64.0 Å². The Hall–Kier alpha value is -4.11. The van der Waals surface area contributed by atoms with E-state index in [1.165, 1.54) is 24.6 Å². The van der Waals surface area contributed by atoms with Crippen molar-refractivity contribution in [2.24, 2.45) is 12.0 Å². The minimum atomic E-state index is -0.732. The number of aromatic nitrogens is 2. The van der Waals surface area contributed by atoms with E-state index >= 15 is 0 Å². The Bertz CT molecular complexity index is 1760. The van der Waals surface area contributed by atoms with Crippen molar-refractivity contribution < 1.29 is 19.0 Å². The van der Waals surface area contributed by atoms with Crippen LogP contribution in [0.2, 0.25) is 0 Å². The molecular formula is C29H29N3O5S. The lowest BCUT2D eigenvalue weighted by Gasteiger charge is -2.23. The summed E-state index contributed by atoms with van der Waals surface area (Å²) >= 11 is 1.30. The van der Waals surface area contributed by atoms with E-state index in [-0.39, 0.29) is 11.1 Å². The fourth-order valence-corrected chi connectivity index (χ4v) is 5.80. The molecule has 0 fully saturated rings. The molecule has 0 spiro atoms. The zero-order chi connectivity index (χ0) is 27.0. The smallest absolute Gasteiger partial charge is 0.337 e. The molecular weight excluding hydrogens is 502 g/mol. The minimum Gasteiger partial charge on any atom is -0.490 e. The fraction of sp³-hybridized carbons (Fsp3) is 0.276. The summed E-state index contributed by atoms with van der Waals surface area (Å²) in [5, 5.41) is 1.07. The quantitative estimate of drug-likeness (QED) is 0.340. The average Bonchev–Trinajstić information content (AvgIpc) is 3.38. The van der Waals surface area contributed by atoms with Crippen molar-refractivity contribution in [3.63, 3.8) is 0 Å². The molecule has 5 rings (SSSR count). The summed E-state index contributed by atoms with van der Waals surface area (Å²) in [6.07, 6.45) is 3.41. The van der Waals surface area contributed by atoms with E-state index in [2.05, 4.69) is 21.7 Å². The largest absolute Gasteiger partial charge is 0.490 e. The van der Waals surface area contributed by atoms with Crippen LogP contribution < -0.4 is 24.4 Å². The Morgan fingerprint density at radius 1 is 1.11 bits per heavy atom. The summed E-state index contributed by atoms with van der Waals surface area (Å²) in [7, 11) is 3.33. The standard InChI is InChI=1S/C29H29N3O5S/c1-6-36-23-13-12-18(14-24(23)37-7-2)26-21(28(34)35-5)16-30-29-32(26)27(33)25(38-29)15-20-17(3)31(4)22-11-9-8-10-19(20)22/h8-16,26H,6-7H2,1-5H3/b25-15-/t26-/m1/s1. The predicted octanol–water partition coefficient (Wildman–Crippen LogP) is 3.62. The van der Waals surface area contributed by atoms with Gasteiger partial charge in [0.05, 0.1) is 36.5 Å². The van der Waals surface area contributed by atoms with Gasteiger partial charge < -0.3 is 18.8 Å². The number of esters is 1. The third-order valence-corrected chi connectivity index (χ3v) is 7.73. The number of hydrogen-bond donors (Lipinski definition) is 0. The van der Waals surface area contributed by atoms with Gasteiger partial charge in [0.25, 0.3) is 5.56 Å². The van der Waals surface area contributed by atoms with Crippen LogP contribution in [0.4, 0.5) is 0 Å². The van der Waals surface area contributed by atoms with E-state index in [4.69, 9.17) is 14.2 Å². The first-order valence-corrected chi connectivity index (χ1v) is 13.2. The Morgan fingerprint density at radius 3 is 2.58 bits per heavy atom. The number of nitrogens with zero attached hydrogens (tertiary/aromatic N) is 3. The summed E-state index contributed by atoms with van der Waals surface area (Å²) in [6, 6.07) is 12.8. The molecule has 0 N–H and O–H groups in total. The van der Waals surface area contributed by atoms with Gasteiger partial charge in [-0.3, -0.25) is 9.36 Å². The first-order valence-electron chi connectivity index (χ1n) is 12.4. The molecule has 0 amide bonds. The number of rotatable bonds is 7. The van der Waals surface area contributed by atoms with E-state index in [0.29, 0.717) is 39.6 Å². The highest BCUT2D eigenvalue weighted by molar-refractivity contribution is 7.07. The van der Waals surface area contributed by atoms with E-state index < -0.39 is 12.0 Å². The maximum atomic E-state index is 13.9. The molecule has 0 radical (unpaired) electrons. The van der Waals surface area contributed by atoms with Crippen molar-refractivity contribution in [2.45, 2.75) is 26.8 Å². The highest BCUT2D eigenvalue weighted by Crippen LogP contribution is 2.35. The molecule has 1 aliphatic heterocycles. The molecule has 3 heterocycles. The van der Waals surface area contributed by atoms with Crippen molar-refractivity contribution >= 4 is 34.3 Å². The molecule has 4 aromatic rings. The monoisotopic (exact) mass is 531 g/mol. The van der Waals surface area contributed by atoms with E-state index in [1.54, 1.807) is 10.6 Å². The van der Waals surface area contributed by atoms with Gasteiger partial charge in [0, 0.05) is 35.4 Å². The van der Waals surface area contributed by atoms with E-state index in [1.807, 2.05) is 58.2 Å². The summed E-state index contributed by atoms with van der Waals surface area (Å²) < 4.78 is 20.8. The van der Waals surface area contributed by atoms with Crippen LogP contribution >= 0.6 is 11.3 Å². The number of para-hydroxylation sites is 1. The van der Waals surface area contributed by atoms with Crippen LogP contribution in [-0.2, 0) is 16.6 Å². The number of aryl methyl sites for hydroxylation is 1. The molecule has 196 valence electrons. The third-order valence-electron chi connectivity index (χ3n) is 6.73. The van der Waals surface area contributed by atoms with E-state index in [0.717, 1.165) is 22.2 Å². The highest BCUT2D eigenvalue weighted by Gasteiger charge is 2.31. The van der Waals surface area contributed by atoms with Gasteiger partial charge >= 0.3 is 5.97 Å². The molecule has 0 saturated carbocycles. The number of benzene rings is 2. The Kier molecular flexibility index (Phi) is 6.94. The second kappa shape index (κ2) is 10.3. The molecule has 8 nitrogen and oxygen atoms in total. The average molecular weight is 532 g/mol. The first-order chi connectivity index (χ1) is 18.4. The molecule has 38 heavy (non-hydrogen) atoms. The Balaban J connectivity index is 1.72. The number of fused-ring (bicyclic) bond motifs is 2. The third kappa shape index (κ3) is 4.22. The fourth-order valence-electron chi connectivity index (χ4n) is 4.85. The van der Waals surface area contributed by atoms with Crippen LogP contribution in [0, 0.1) is 6.92 Å². The van der Waals surface area contributed by atoms with Crippen LogP contribution in [-0.4, -0.2) is 35.4 Å². The van der Waals surface area contributed by atoms with Gasteiger partial charge in [-0.15, -0.1) is 0 Å². The lowest BCUT2D eigenvalue weighted by molar-refractivity contribution is -0.136. The van der Waals surface area contributed by atoms with Crippen molar-refractivity contribution in [2.75, 3.05) is 20.3 Å². The molecule has 1 atom stereocenters. The van der Waals surface area contributed by atoms with Crippen molar-refractivity contribution in [3.8, 4) is 11.5 Å². The molecule has 2 aromatic heterocycles. The maximum Gasteiger partial charge on any atom is 0.337 e. The summed E-state index contributed by atoms with van der Waals surface area (Å²) in [4.78, 5) is 31.7. The van der Waals surface area contributed by atoms with Gasteiger partial charge in [0.1, 0.15) is 0 Å². The summed E-state index contributed by atoms with van der Waals surface area (Å²) in [5.41, 5.74) is 3.85. The topological polar surface area (TPSA) is 84.0 Å². The number of carbonyl (C=O) groups is 1. The first kappa shape index (κ1) is 25.5. The maximum absolute atomic E-state index is 13.9. The minimum absolute atomic E-state index is 0.229. The molecule has 2 aromatic carbocycles. The lowest BCUT2D eigenvalue weighted by atomic mass is 9.97. The molecule has 0 saturated heterocycles. The van der Waals surface area contributed by atoms with Crippen LogP contribution in [0.5, 0.6) is 11.5 Å². The predicted molar refractivity (Wildman–Crippen MR) is 148 cm³/mol. The SMILES string of the molecule is CCOc1ccc([C@@H]2C(C(=O)OC)=CN=c3s/c(=C\c4c(C)n(C)c5ccccc45)c(=O)n32)cc1OCC. The number of ether oxygens (including phenoxy) is 3. The molecule has 0 unspecified atom stereocenters. The van der Waals surface area contributed by atoms with Crippen molar-refractivity contribution in [1.29, 1.82) is 0 Å². The number of thiazole rings is 1. The van der Waals surface area contributed by atoms with Crippen molar-refractivity contribution in [1.82, 2.24) is 9.13 Å². The van der Waals surface area contributed by atoms with Gasteiger partial charge in [-0.2, -0.15) is 0 Å². The normalized spacial score (nSPS) is 15.1. The lowest BCUT2D eigenvalue weighted by Crippen LogP contribution is -2.39. The number of carbonyl (C=O) groups excluding carboxylic acids is 1. The molecule has 1 aliphatic rings. The second-order valence-electron chi connectivity index (χ2n) is 8.82.